The fourth-order valence-electron chi connectivity index (χ4n) is 5.52. The highest BCUT2D eigenvalue weighted by Gasteiger charge is 2.63. The molecule has 2 fully saturated rings. The molecule has 5 rings (SSSR count). The van der Waals surface area contributed by atoms with Crippen molar-refractivity contribution in [2.45, 2.75) is 60.8 Å². The Morgan fingerprint density at radius 3 is 2.35 bits per heavy atom. The first-order valence-corrected chi connectivity index (χ1v) is 13.0. The van der Waals surface area contributed by atoms with Gasteiger partial charge in [0.1, 0.15) is 10.5 Å². The molecule has 0 bridgehead atoms. The van der Waals surface area contributed by atoms with Gasteiger partial charge >= 0.3 is 0 Å². The molecular weight excluding hydrogens is 499 g/mol. The largest absolute Gasteiger partial charge is 0.479 e. The van der Waals surface area contributed by atoms with Crippen molar-refractivity contribution in [3.63, 3.8) is 0 Å². The number of benzene rings is 2. The normalized spacial score (nSPS) is 22.9. The third-order valence-corrected chi connectivity index (χ3v) is 9.54. The molecule has 0 radical (unpaired) electrons. The van der Waals surface area contributed by atoms with E-state index in [0.717, 1.165) is 37.8 Å². The van der Waals surface area contributed by atoms with Crippen LogP contribution in [0.25, 0.3) is 0 Å². The summed E-state index contributed by atoms with van der Waals surface area (Å²) in [5, 5.41) is 4.39. The Morgan fingerprint density at radius 2 is 1.82 bits per heavy atom. The number of amides is 1. The third-order valence-electron chi connectivity index (χ3n) is 7.64. The van der Waals surface area contributed by atoms with Crippen molar-refractivity contribution in [2.24, 2.45) is 5.73 Å². The van der Waals surface area contributed by atoms with Crippen LogP contribution < -0.4 is 15.8 Å². The van der Waals surface area contributed by atoms with Gasteiger partial charge in [-0.3, -0.25) is 9.35 Å². The summed E-state index contributed by atoms with van der Waals surface area (Å²) in [6.45, 7) is 0.850. The van der Waals surface area contributed by atoms with Crippen molar-refractivity contribution in [1.29, 1.82) is 0 Å². The highest BCUT2D eigenvalue weighted by Crippen LogP contribution is 2.54. The first kappa shape index (κ1) is 25.3. The molecule has 184 valence electrons. The van der Waals surface area contributed by atoms with Crippen molar-refractivity contribution < 1.29 is 22.5 Å². The van der Waals surface area contributed by atoms with Crippen molar-refractivity contribution in [3.8, 4) is 5.75 Å². The number of hydrogen-bond acceptors (Lipinski definition) is 5. The number of carbonyl (C=O) groups excluding carboxylic acids is 1. The van der Waals surface area contributed by atoms with Gasteiger partial charge in [-0.2, -0.15) is 8.42 Å². The van der Waals surface area contributed by atoms with Crippen LogP contribution in [0.4, 0.5) is 0 Å². The van der Waals surface area contributed by atoms with Gasteiger partial charge in [0.2, 0.25) is 0 Å². The second kappa shape index (κ2) is 8.99. The molecule has 34 heavy (non-hydrogen) atoms. The van der Waals surface area contributed by atoms with Gasteiger partial charge < -0.3 is 15.8 Å². The van der Waals surface area contributed by atoms with Gasteiger partial charge in [-0.25, -0.2) is 0 Å². The van der Waals surface area contributed by atoms with Crippen LogP contribution in [0.3, 0.4) is 0 Å². The first-order chi connectivity index (χ1) is 15.7. The van der Waals surface area contributed by atoms with Crippen molar-refractivity contribution >= 4 is 40.0 Å². The smallest absolute Gasteiger partial charge is 0.274 e. The van der Waals surface area contributed by atoms with Gasteiger partial charge in [-0.15, -0.1) is 12.4 Å². The van der Waals surface area contributed by atoms with Crippen LogP contribution in [-0.2, 0) is 26.7 Å². The predicted octanol–water partition coefficient (Wildman–Crippen LogP) is 3.72. The second-order valence-corrected chi connectivity index (χ2v) is 11.7. The van der Waals surface area contributed by atoms with Crippen LogP contribution in [0.15, 0.2) is 42.5 Å². The molecule has 0 saturated heterocycles. The van der Waals surface area contributed by atoms with E-state index in [1.807, 2.05) is 24.3 Å². The minimum atomic E-state index is -4.49. The Labute approximate surface area is 210 Å². The first-order valence-electron chi connectivity index (χ1n) is 11.2. The Morgan fingerprint density at radius 1 is 1.15 bits per heavy atom. The van der Waals surface area contributed by atoms with Gasteiger partial charge in [-0.05, 0) is 79.6 Å². The number of nitrogens with one attached hydrogen (secondary N) is 1. The lowest BCUT2D eigenvalue weighted by Gasteiger charge is -2.50. The van der Waals surface area contributed by atoms with Crippen molar-refractivity contribution in [1.82, 2.24) is 5.32 Å². The fourth-order valence-corrected chi connectivity index (χ4v) is 6.70. The van der Waals surface area contributed by atoms with Crippen molar-refractivity contribution in [2.75, 3.05) is 6.54 Å². The maximum atomic E-state index is 12.1. The Kier molecular flexibility index (Phi) is 6.68. The van der Waals surface area contributed by atoms with E-state index in [1.165, 1.54) is 11.1 Å². The highest BCUT2D eigenvalue weighted by molar-refractivity contribution is 7.87. The quantitative estimate of drug-likeness (QED) is 0.473. The van der Waals surface area contributed by atoms with Crippen LogP contribution in [0.2, 0.25) is 5.02 Å². The molecule has 2 aromatic carbocycles. The van der Waals surface area contributed by atoms with Gasteiger partial charge in [0, 0.05) is 16.5 Å². The molecule has 0 aromatic heterocycles. The number of primary amides is 1. The topological polar surface area (TPSA) is 119 Å². The number of ether oxygens (including phenoxy) is 1. The zero-order chi connectivity index (χ0) is 23.4. The standard InChI is InChI=1S/C24H27ClN2O5S.ClH/c25-17-5-3-16(4-6-17)23(9-1-10-23)20-19-14-18(7-2-15(19)8-13-27-20)32-21(22(26)28)24(11-12-24)33(29,30)31;/h2-7,14,20-21,27H,1,8-13H2,(H2,26,28)(H,29,30,31);1H. The van der Waals surface area contributed by atoms with E-state index >= 15 is 0 Å². The summed E-state index contributed by atoms with van der Waals surface area (Å²) in [6, 6.07) is 13.7. The SMILES string of the molecule is Cl.NC(=O)C(Oc1ccc2c(c1)C(C1(c3ccc(Cl)cc3)CCC1)NCC2)C1(S(=O)(=O)O)CC1. The van der Waals surface area contributed by atoms with E-state index in [4.69, 9.17) is 22.1 Å². The van der Waals surface area contributed by atoms with E-state index in [2.05, 4.69) is 17.4 Å². The summed E-state index contributed by atoms with van der Waals surface area (Å²) in [6.07, 6.45) is 2.88. The molecule has 2 unspecified atom stereocenters. The Bertz CT molecular complexity index is 1190. The van der Waals surface area contributed by atoms with Crippen LogP contribution in [0, 0.1) is 0 Å². The van der Waals surface area contributed by atoms with Gasteiger partial charge in [-0.1, -0.05) is 36.2 Å². The molecule has 7 nitrogen and oxygen atoms in total. The van der Waals surface area contributed by atoms with Crippen LogP contribution in [0.5, 0.6) is 5.75 Å². The third kappa shape index (κ3) is 4.09. The summed E-state index contributed by atoms with van der Waals surface area (Å²) < 4.78 is 37.8. The zero-order valence-corrected chi connectivity index (χ0v) is 20.9. The maximum absolute atomic E-state index is 12.1. The monoisotopic (exact) mass is 526 g/mol. The molecule has 4 N–H and O–H groups in total. The Hall–Kier alpha value is -1.84. The molecule has 1 heterocycles. The van der Waals surface area contributed by atoms with Crippen LogP contribution >= 0.6 is 24.0 Å². The molecule has 1 aliphatic heterocycles. The number of hydrogen-bond donors (Lipinski definition) is 3. The summed E-state index contributed by atoms with van der Waals surface area (Å²) in [7, 11) is -4.49. The predicted molar refractivity (Wildman–Crippen MR) is 132 cm³/mol. The molecule has 2 aromatic rings. The van der Waals surface area contributed by atoms with E-state index in [9.17, 15) is 17.8 Å². The lowest BCUT2D eigenvalue weighted by molar-refractivity contribution is -0.125. The minimum Gasteiger partial charge on any atom is -0.479 e. The number of rotatable bonds is 7. The molecule has 2 saturated carbocycles. The molecule has 2 atom stereocenters. The molecule has 2 aliphatic carbocycles. The molecular formula is C24H28Cl2N2O5S. The van der Waals surface area contributed by atoms with Gasteiger partial charge in [0.25, 0.3) is 16.0 Å². The van der Waals surface area contributed by atoms with Gasteiger partial charge in [0.15, 0.2) is 6.10 Å². The van der Waals surface area contributed by atoms with E-state index in [-0.39, 0.29) is 36.7 Å². The van der Waals surface area contributed by atoms with E-state index in [0.29, 0.717) is 10.8 Å². The molecule has 10 heteroatoms. The van der Waals surface area contributed by atoms with Crippen molar-refractivity contribution in [3.05, 3.63) is 64.2 Å². The zero-order valence-electron chi connectivity index (χ0n) is 18.5. The summed E-state index contributed by atoms with van der Waals surface area (Å²) in [4.78, 5) is 12.1. The fraction of sp³-hybridized carbons (Fsp3) is 0.458. The van der Waals surface area contributed by atoms with Gasteiger partial charge in [0.05, 0.1) is 0 Å². The average Bonchev–Trinajstić information content (AvgIpc) is 3.54. The van der Waals surface area contributed by atoms with E-state index in [1.54, 1.807) is 6.07 Å². The van der Waals surface area contributed by atoms with Crippen LogP contribution in [0.1, 0.15) is 54.8 Å². The molecule has 1 amide bonds. The lowest BCUT2D eigenvalue weighted by atomic mass is 9.58. The average molecular weight is 527 g/mol. The van der Waals surface area contributed by atoms with E-state index < -0.39 is 26.9 Å². The lowest BCUT2D eigenvalue weighted by Crippen LogP contribution is -2.50. The Balaban J connectivity index is 0.00000274. The molecule has 3 aliphatic rings. The summed E-state index contributed by atoms with van der Waals surface area (Å²) in [5.74, 6) is -0.541. The number of nitrogens with two attached hydrogens (primary N) is 1. The highest BCUT2D eigenvalue weighted by atomic mass is 35.5. The summed E-state index contributed by atoms with van der Waals surface area (Å²) in [5.41, 5.74) is 8.92. The number of halogens is 2. The maximum Gasteiger partial charge on any atom is 0.274 e. The summed E-state index contributed by atoms with van der Waals surface area (Å²) >= 11 is 6.13. The molecule has 0 spiro atoms. The second-order valence-electron chi connectivity index (χ2n) is 9.45. The number of carbonyl (C=O) groups is 1. The number of fused-ring (bicyclic) bond motifs is 1. The minimum absolute atomic E-state index is 0. The van der Waals surface area contributed by atoms with Crippen LogP contribution in [-0.4, -0.2) is 36.3 Å².